The molecule has 0 atom stereocenters. The summed E-state index contributed by atoms with van der Waals surface area (Å²) in [4.78, 5) is 12.3. The van der Waals surface area contributed by atoms with E-state index in [1.807, 2.05) is 0 Å². The first kappa shape index (κ1) is 20.2. The summed E-state index contributed by atoms with van der Waals surface area (Å²) in [6.07, 6.45) is 1.91. The van der Waals surface area contributed by atoms with E-state index in [0.717, 1.165) is 18.6 Å². The van der Waals surface area contributed by atoms with Crippen LogP contribution in [0.1, 0.15) is 19.3 Å². The van der Waals surface area contributed by atoms with Gasteiger partial charge >= 0.3 is 0 Å². The van der Waals surface area contributed by atoms with Gasteiger partial charge in [0.05, 0.1) is 25.0 Å². The number of methoxy groups -OCH3 is 1. The fourth-order valence-electron chi connectivity index (χ4n) is 2.97. The number of ether oxygens (including phenoxy) is 2. The highest BCUT2D eigenvalue weighted by Crippen LogP contribution is 2.23. The molecule has 3 rings (SSSR count). The Hall–Kier alpha value is -2.58. The minimum Gasteiger partial charge on any atom is -0.497 e. The van der Waals surface area contributed by atoms with Crippen LogP contribution in [-0.4, -0.2) is 45.4 Å². The van der Waals surface area contributed by atoms with Crippen LogP contribution in [0.15, 0.2) is 53.4 Å². The quantitative estimate of drug-likeness (QED) is 0.731. The summed E-state index contributed by atoms with van der Waals surface area (Å²) < 4.78 is 37.4. The molecule has 1 aliphatic heterocycles. The number of carbonyl (C=O) groups is 1. The molecule has 1 aliphatic rings. The maximum atomic E-state index is 12.6. The Bertz CT molecular complexity index is 906. The van der Waals surface area contributed by atoms with E-state index < -0.39 is 10.0 Å². The molecule has 0 aliphatic carbocycles. The highest BCUT2D eigenvalue weighted by Gasteiger charge is 2.27. The van der Waals surface area contributed by atoms with Gasteiger partial charge in [0.25, 0.3) is 0 Å². The largest absolute Gasteiger partial charge is 0.497 e. The highest BCUT2D eigenvalue weighted by molar-refractivity contribution is 7.89. The van der Waals surface area contributed by atoms with Crippen LogP contribution >= 0.6 is 0 Å². The Kier molecular flexibility index (Phi) is 6.53. The number of rotatable bonds is 8. The van der Waals surface area contributed by atoms with Gasteiger partial charge in [0.1, 0.15) is 11.5 Å². The maximum absolute atomic E-state index is 12.6. The molecular formula is C20H24N2O5S. The molecule has 1 amide bonds. The second-order valence-corrected chi connectivity index (χ2v) is 8.40. The molecule has 1 saturated heterocycles. The summed E-state index contributed by atoms with van der Waals surface area (Å²) in [6.45, 7) is 1.30. The van der Waals surface area contributed by atoms with Crippen LogP contribution in [0, 0.1) is 0 Å². The molecule has 0 unspecified atom stereocenters. The zero-order valence-corrected chi connectivity index (χ0v) is 16.6. The molecule has 1 N–H and O–H groups in total. The molecule has 28 heavy (non-hydrogen) atoms. The van der Waals surface area contributed by atoms with Gasteiger partial charge in [-0.3, -0.25) is 4.79 Å². The van der Waals surface area contributed by atoms with Crippen LogP contribution in [0.25, 0.3) is 0 Å². The van der Waals surface area contributed by atoms with Crippen LogP contribution in [0.5, 0.6) is 11.5 Å². The van der Waals surface area contributed by atoms with Crippen LogP contribution in [0.2, 0.25) is 0 Å². The molecule has 2 aromatic rings. The van der Waals surface area contributed by atoms with Gasteiger partial charge in [-0.2, -0.15) is 4.31 Å². The minimum atomic E-state index is -3.51. The summed E-state index contributed by atoms with van der Waals surface area (Å²) in [5, 5.41) is 2.73. The number of carbonyl (C=O) groups excluding carboxylic acids is 1. The van der Waals surface area contributed by atoms with Gasteiger partial charge in [-0.1, -0.05) is 6.07 Å². The van der Waals surface area contributed by atoms with Gasteiger partial charge in [-0.25, -0.2) is 8.42 Å². The summed E-state index contributed by atoms with van der Waals surface area (Å²) >= 11 is 0. The molecule has 0 radical (unpaired) electrons. The molecule has 0 bridgehead atoms. The summed E-state index contributed by atoms with van der Waals surface area (Å²) in [7, 11) is -1.92. The Balaban J connectivity index is 1.53. The van der Waals surface area contributed by atoms with Crippen molar-refractivity contribution in [1.82, 2.24) is 4.31 Å². The number of benzene rings is 2. The third-order valence-electron chi connectivity index (χ3n) is 4.48. The number of amides is 1. The number of hydrogen-bond acceptors (Lipinski definition) is 5. The molecule has 8 heteroatoms. The molecule has 0 spiro atoms. The molecule has 1 fully saturated rings. The number of nitrogens with zero attached hydrogens (tertiary/aromatic N) is 1. The van der Waals surface area contributed by atoms with Gasteiger partial charge in [0, 0.05) is 18.8 Å². The van der Waals surface area contributed by atoms with E-state index in [1.54, 1.807) is 49.6 Å². The van der Waals surface area contributed by atoms with E-state index >= 15 is 0 Å². The van der Waals surface area contributed by atoms with E-state index in [9.17, 15) is 13.2 Å². The first-order valence-corrected chi connectivity index (χ1v) is 10.6. The summed E-state index contributed by atoms with van der Waals surface area (Å²) in [5.74, 6) is 1.13. The van der Waals surface area contributed by atoms with Crippen LogP contribution in [0.4, 0.5) is 5.69 Å². The fraction of sp³-hybridized carbons (Fsp3) is 0.350. The fourth-order valence-corrected chi connectivity index (χ4v) is 4.53. The Morgan fingerprint density at radius 1 is 1.07 bits per heavy atom. The average molecular weight is 404 g/mol. The Labute approximate surface area is 165 Å². The molecule has 1 heterocycles. The SMILES string of the molecule is COc1ccc(OCCC(=O)Nc2cccc(S(=O)(=O)N3CCCC3)c2)cc1. The van der Waals surface area contributed by atoms with Crippen LogP contribution < -0.4 is 14.8 Å². The van der Waals surface area contributed by atoms with E-state index in [1.165, 1.54) is 10.4 Å². The van der Waals surface area contributed by atoms with Gasteiger partial charge in [-0.15, -0.1) is 0 Å². The molecule has 2 aromatic carbocycles. The molecule has 150 valence electrons. The lowest BCUT2D eigenvalue weighted by Crippen LogP contribution is -2.28. The van der Waals surface area contributed by atoms with E-state index in [0.29, 0.717) is 24.5 Å². The van der Waals surface area contributed by atoms with Gasteiger partial charge in [0.15, 0.2) is 0 Å². The van der Waals surface area contributed by atoms with E-state index in [-0.39, 0.29) is 23.8 Å². The number of anilines is 1. The van der Waals surface area contributed by atoms with E-state index in [4.69, 9.17) is 9.47 Å². The lowest BCUT2D eigenvalue weighted by Gasteiger charge is -2.16. The second-order valence-electron chi connectivity index (χ2n) is 6.46. The van der Waals surface area contributed by atoms with E-state index in [2.05, 4.69) is 5.32 Å². The zero-order valence-electron chi connectivity index (χ0n) is 15.8. The summed E-state index contributed by atoms with van der Waals surface area (Å²) in [6, 6.07) is 13.4. The normalized spacial score (nSPS) is 14.6. The van der Waals surface area contributed by atoms with Crippen molar-refractivity contribution < 1.29 is 22.7 Å². The minimum absolute atomic E-state index is 0.148. The topological polar surface area (TPSA) is 84.9 Å². The lowest BCUT2D eigenvalue weighted by molar-refractivity contribution is -0.116. The van der Waals surface area contributed by atoms with Crippen LogP contribution in [-0.2, 0) is 14.8 Å². The van der Waals surface area contributed by atoms with Crippen molar-refractivity contribution >= 4 is 21.6 Å². The van der Waals surface area contributed by atoms with Gasteiger partial charge in [-0.05, 0) is 55.3 Å². The number of nitrogens with one attached hydrogen (secondary N) is 1. The standard InChI is InChI=1S/C20H24N2O5S/c1-26-17-7-9-18(10-8-17)27-14-11-20(23)21-16-5-4-6-19(15-16)28(24,25)22-12-2-3-13-22/h4-10,15H,2-3,11-14H2,1H3,(H,21,23). The molecule has 7 nitrogen and oxygen atoms in total. The first-order chi connectivity index (χ1) is 13.5. The van der Waals surface area contributed by atoms with Crippen molar-refractivity contribution in [1.29, 1.82) is 0 Å². The van der Waals surface area contributed by atoms with Crippen molar-refractivity contribution in [3.8, 4) is 11.5 Å². The molecule has 0 saturated carbocycles. The van der Waals surface area contributed by atoms with Crippen LogP contribution in [0.3, 0.4) is 0 Å². The zero-order chi connectivity index (χ0) is 20.0. The second kappa shape index (κ2) is 9.07. The maximum Gasteiger partial charge on any atom is 0.243 e. The third kappa shape index (κ3) is 5.02. The van der Waals surface area contributed by atoms with Gasteiger partial charge in [0.2, 0.25) is 15.9 Å². The van der Waals surface area contributed by atoms with Crippen molar-refractivity contribution in [3.63, 3.8) is 0 Å². The Morgan fingerprint density at radius 3 is 2.43 bits per heavy atom. The predicted octanol–water partition coefficient (Wildman–Crippen LogP) is 2.89. The molecular weight excluding hydrogens is 380 g/mol. The summed E-state index contributed by atoms with van der Waals surface area (Å²) in [5.41, 5.74) is 0.453. The Morgan fingerprint density at radius 2 is 1.75 bits per heavy atom. The van der Waals surface area contributed by atoms with Crippen molar-refractivity contribution in [2.75, 3.05) is 32.1 Å². The smallest absolute Gasteiger partial charge is 0.243 e. The number of hydrogen-bond donors (Lipinski definition) is 1. The number of sulfonamides is 1. The van der Waals surface area contributed by atoms with Crippen molar-refractivity contribution in [3.05, 3.63) is 48.5 Å². The van der Waals surface area contributed by atoms with Gasteiger partial charge < -0.3 is 14.8 Å². The van der Waals surface area contributed by atoms with Crippen molar-refractivity contribution in [2.45, 2.75) is 24.2 Å². The molecule has 0 aromatic heterocycles. The average Bonchev–Trinajstić information content (AvgIpc) is 3.24. The first-order valence-electron chi connectivity index (χ1n) is 9.16. The monoisotopic (exact) mass is 404 g/mol. The predicted molar refractivity (Wildman–Crippen MR) is 106 cm³/mol. The third-order valence-corrected chi connectivity index (χ3v) is 6.37. The van der Waals surface area contributed by atoms with Crippen molar-refractivity contribution in [2.24, 2.45) is 0 Å². The highest BCUT2D eigenvalue weighted by atomic mass is 32.2. The lowest BCUT2D eigenvalue weighted by atomic mass is 10.3.